The number of likely N-dealkylation sites (N-methyl/N-ethyl adjacent to an activating group) is 1. The van der Waals surface area contributed by atoms with Crippen molar-refractivity contribution in [1.29, 1.82) is 0 Å². The van der Waals surface area contributed by atoms with Gasteiger partial charge in [0.15, 0.2) is 0 Å². The molecule has 0 spiro atoms. The Kier molecular flexibility index (Phi) is 5.82. The first-order valence-electron chi connectivity index (χ1n) is 7.37. The molecule has 1 aliphatic heterocycles. The van der Waals surface area contributed by atoms with E-state index in [2.05, 4.69) is 33.6 Å². The third-order valence-corrected chi connectivity index (χ3v) is 3.61. The van der Waals surface area contributed by atoms with Gasteiger partial charge in [-0.3, -0.25) is 4.90 Å². The van der Waals surface area contributed by atoms with Crippen LogP contribution in [-0.2, 0) is 17.8 Å². The Bertz CT molecular complexity index is 366. The number of nitrogens with one attached hydrogen (secondary N) is 1. The minimum Gasteiger partial charge on any atom is -0.374 e. The first-order valence-corrected chi connectivity index (χ1v) is 7.37. The van der Waals surface area contributed by atoms with Crippen LogP contribution in [0.4, 0.5) is 0 Å². The highest BCUT2D eigenvalue weighted by atomic mass is 16.5. The maximum atomic E-state index is 5.78. The topological polar surface area (TPSA) is 42.3 Å². The third kappa shape index (κ3) is 4.30. The van der Waals surface area contributed by atoms with Crippen molar-refractivity contribution < 1.29 is 4.74 Å². The monoisotopic (exact) mass is 266 g/mol. The molecule has 0 amide bonds. The summed E-state index contributed by atoms with van der Waals surface area (Å²) < 4.78 is 8.00. The van der Waals surface area contributed by atoms with Gasteiger partial charge in [-0.25, -0.2) is 4.98 Å². The summed E-state index contributed by atoms with van der Waals surface area (Å²) >= 11 is 0. The van der Waals surface area contributed by atoms with Gasteiger partial charge in [0.25, 0.3) is 0 Å². The molecule has 1 atom stereocenters. The molecule has 0 aliphatic carbocycles. The Balaban J connectivity index is 1.72. The molecule has 1 saturated heterocycles. The number of imidazole rings is 1. The van der Waals surface area contributed by atoms with E-state index in [4.69, 9.17) is 4.74 Å². The number of rotatable bonds is 7. The molecule has 5 heteroatoms. The SMILES string of the molecule is CCCn1cncc1CNCC1CN(CC)CCO1. The van der Waals surface area contributed by atoms with Crippen LogP contribution in [0.2, 0.25) is 0 Å². The van der Waals surface area contributed by atoms with Crippen LogP contribution in [0, 0.1) is 0 Å². The van der Waals surface area contributed by atoms with Crippen molar-refractivity contribution in [3.8, 4) is 0 Å². The number of morpholine rings is 1. The van der Waals surface area contributed by atoms with Gasteiger partial charge < -0.3 is 14.6 Å². The molecular formula is C14H26N4O. The van der Waals surface area contributed by atoms with E-state index in [-0.39, 0.29) is 0 Å². The summed E-state index contributed by atoms with van der Waals surface area (Å²) in [6.07, 6.45) is 5.32. The Labute approximate surface area is 116 Å². The minimum absolute atomic E-state index is 0.316. The first-order chi connectivity index (χ1) is 9.33. The minimum atomic E-state index is 0.316. The highest BCUT2D eigenvalue weighted by Gasteiger charge is 2.18. The summed E-state index contributed by atoms with van der Waals surface area (Å²) in [4.78, 5) is 6.66. The second kappa shape index (κ2) is 7.62. The van der Waals surface area contributed by atoms with Crippen LogP contribution < -0.4 is 5.32 Å². The van der Waals surface area contributed by atoms with E-state index >= 15 is 0 Å². The first kappa shape index (κ1) is 14.5. The lowest BCUT2D eigenvalue weighted by atomic mass is 10.2. The lowest BCUT2D eigenvalue weighted by Gasteiger charge is -2.32. The number of aryl methyl sites for hydroxylation is 1. The molecule has 2 rings (SSSR count). The van der Waals surface area contributed by atoms with Crippen LogP contribution >= 0.6 is 0 Å². The molecule has 0 bridgehead atoms. The molecular weight excluding hydrogens is 240 g/mol. The predicted octanol–water partition coefficient (Wildman–Crippen LogP) is 1.10. The second-order valence-corrected chi connectivity index (χ2v) is 5.10. The number of hydrogen-bond acceptors (Lipinski definition) is 4. The van der Waals surface area contributed by atoms with Gasteiger partial charge in [-0.1, -0.05) is 13.8 Å². The molecule has 1 N–H and O–H groups in total. The van der Waals surface area contributed by atoms with Crippen LogP contribution in [-0.4, -0.2) is 53.3 Å². The zero-order valence-electron chi connectivity index (χ0n) is 12.1. The summed E-state index contributed by atoms with van der Waals surface area (Å²) in [5.41, 5.74) is 1.25. The van der Waals surface area contributed by atoms with Crippen molar-refractivity contribution >= 4 is 0 Å². The van der Waals surface area contributed by atoms with Gasteiger partial charge >= 0.3 is 0 Å². The fraction of sp³-hybridized carbons (Fsp3) is 0.786. The van der Waals surface area contributed by atoms with E-state index < -0.39 is 0 Å². The molecule has 108 valence electrons. The molecule has 0 saturated carbocycles. The van der Waals surface area contributed by atoms with Crippen LogP contribution in [0.5, 0.6) is 0 Å². The molecule has 1 aliphatic rings. The predicted molar refractivity (Wildman–Crippen MR) is 76.1 cm³/mol. The standard InChI is InChI=1S/C14H26N4O/c1-3-5-18-12-16-9-13(18)8-15-10-14-11-17(4-2)6-7-19-14/h9,12,14-15H,3-8,10-11H2,1-2H3. The van der Waals surface area contributed by atoms with Crippen molar-refractivity contribution in [2.45, 2.75) is 39.5 Å². The Morgan fingerprint density at radius 2 is 2.37 bits per heavy atom. The number of nitrogens with zero attached hydrogens (tertiary/aromatic N) is 3. The molecule has 2 heterocycles. The van der Waals surface area contributed by atoms with E-state index in [1.807, 2.05) is 12.5 Å². The molecule has 1 aromatic heterocycles. The average Bonchev–Trinajstić information content (AvgIpc) is 2.87. The van der Waals surface area contributed by atoms with Crippen molar-refractivity contribution in [3.05, 3.63) is 18.2 Å². The Morgan fingerprint density at radius 1 is 1.47 bits per heavy atom. The number of aromatic nitrogens is 2. The van der Waals surface area contributed by atoms with Crippen LogP contribution in [0.3, 0.4) is 0 Å². The van der Waals surface area contributed by atoms with Gasteiger partial charge in [-0.15, -0.1) is 0 Å². The Morgan fingerprint density at radius 3 is 3.16 bits per heavy atom. The summed E-state index contributed by atoms with van der Waals surface area (Å²) in [6, 6.07) is 0. The maximum absolute atomic E-state index is 5.78. The van der Waals surface area contributed by atoms with Gasteiger partial charge in [0.2, 0.25) is 0 Å². The molecule has 1 aromatic rings. The molecule has 19 heavy (non-hydrogen) atoms. The van der Waals surface area contributed by atoms with Crippen molar-refractivity contribution in [2.24, 2.45) is 0 Å². The normalized spacial score (nSPS) is 20.8. The molecule has 0 radical (unpaired) electrons. The smallest absolute Gasteiger partial charge is 0.0948 e. The highest BCUT2D eigenvalue weighted by Crippen LogP contribution is 2.05. The van der Waals surface area contributed by atoms with Crippen molar-refractivity contribution in [3.63, 3.8) is 0 Å². The largest absolute Gasteiger partial charge is 0.374 e. The van der Waals surface area contributed by atoms with E-state index in [1.165, 1.54) is 5.69 Å². The van der Waals surface area contributed by atoms with E-state index in [9.17, 15) is 0 Å². The van der Waals surface area contributed by atoms with Gasteiger partial charge in [0, 0.05) is 38.9 Å². The van der Waals surface area contributed by atoms with E-state index in [0.29, 0.717) is 6.10 Å². The summed E-state index contributed by atoms with van der Waals surface area (Å²) in [5.74, 6) is 0. The van der Waals surface area contributed by atoms with E-state index in [1.54, 1.807) is 0 Å². The molecule has 5 nitrogen and oxygen atoms in total. The zero-order chi connectivity index (χ0) is 13.5. The molecule has 1 fully saturated rings. The van der Waals surface area contributed by atoms with Gasteiger partial charge in [0.05, 0.1) is 24.7 Å². The zero-order valence-corrected chi connectivity index (χ0v) is 12.1. The fourth-order valence-electron chi connectivity index (χ4n) is 2.49. The summed E-state index contributed by atoms with van der Waals surface area (Å²) in [7, 11) is 0. The fourth-order valence-corrected chi connectivity index (χ4v) is 2.49. The number of ether oxygens (including phenoxy) is 1. The summed E-state index contributed by atoms with van der Waals surface area (Å²) in [6.45, 7) is 11.3. The van der Waals surface area contributed by atoms with E-state index in [0.717, 1.165) is 52.3 Å². The lowest BCUT2D eigenvalue weighted by molar-refractivity contribution is -0.0254. The molecule has 1 unspecified atom stereocenters. The summed E-state index contributed by atoms with van der Waals surface area (Å²) in [5, 5.41) is 3.49. The lowest BCUT2D eigenvalue weighted by Crippen LogP contribution is -2.46. The van der Waals surface area contributed by atoms with Crippen LogP contribution in [0.15, 0.2) is 12.5 Å². The van der Waals surface area contributed by atoms with Gasteiger partial charge in [-0.2, -0.15) is 0 Å². The Hall–Kier alpha value is -0.910. The third-order valence-electron chi connectivity index (χ3n) is 3.61. The maximum Gasteiger partial charge on any atom is 0.0948 e. The van der Waals surface area contributed by atoms with Crippen molar-refractivity contribution in [1.82, 2.24) is 19.8 Å². The van der Waals surface area contributed by atoms with Crippen molar-refractivity contribution in [2.75, 3.05) is 32.8 Å². The van der Waals surface area contributed by atoms with Gasteiger partial charge in [-0.05, 0) is 13.0 Å². The quantitative estimate of drug-likeness (QED) is 0.802. The van der Waals surface area contributed by atoms with Crippen LogP contribution in [0.25, 0.3) is 0 Å². The van der Waals surface area contributed by atoms with Crippen LogP contribution in [0.1, 0.15) is 26.0 Å². The highest BCUT2D eigenvalue weighted by molar-refractivity contribution is 4.97. The second-order valence-electron chi connectivity index (χ2n) is 5.10. The average molecular weight is 266 g/mol. The molecule has 0 aromatic carbocycles. The number of hydrogen-bond donors (Lipinski definition) is 1. The van der Waals surface area contributed by atoms with Gasteiger partial charge in [0.1, 0.15) is 0 Å².